The minimum atomic E-state index is -2.28. The van der Waals surface area contributed by atoms with E-state index in [0.29, 0.717) is 51.9 Å². The first-order chi connectivity index (χ1) is 30.3. The summed E-state index contributed by atoms with van der Waals surface area (Å²) in [4.78, 5) is 12.7. The minimum absolute atomic E-state index is 0.0259. The number of ether oxygens (including phenoxy) is 10. The van der Waals surface area contributed by atoms with E-state index < -0.39 is 20.5 Å². The number of carbonyl (C=O) groups is 1. The first-order valence-electron chi connectivity index (χ1n) is 24.0. The molecule has 12 nitrogen and oxygen atoms in total. The molecular formula is C50H72O12Si. The van der Waals surface area contributed by atoms with Crippen molar-refractivity contribution in [1.82, 2.24) is 0 Å². The molecule has 7 fully saturated rings. The molecule has 2 aromatic rings. The molecule has 0 aromatic heterocycles. The second kappa shape index (κ2) is 19.9. The third kappa shape index (κ3) is 11.0. The zero-order valence-corrected chi connectivity index (χ0v) is 39.3. The zero-order valence-electron chi connectivity index (χ0n) is 38.3. The number of fused-ring (bicyclic) bond motifs is 5. The molecule has 9 rings (SSSR count). The summed E-state index contributed by atoms with van der Waals surface area (Å²) in [7, 11) is -2.28. The number of esters is 1. The Morgan fingerprint density at radius 2 is 1.11 bits per heavy atom. The summed E-state index contributed by atoms with van der Waals surface area (Å²) in [5.41, 5.74) is 2.22. The first-order valence-corrected chi connectivity index (χ1v) is 26.9. The molecule has 16 atom stereocenters. The van der Waals surface area contributed by atoms with Crippen LogP contribution in [0.4, 0.5) is 0 Å². The average Bonchev–Trinajstić information content (AvgIpc) is 3.42. The molecule has 0 saturated carbocycles. The highest BCUT2D eigenvalue weighted by molar-refractivity contribution is 6.74. The van der Waals surface area contributed by atoms with Crippen molar-refractivity contribution in [3.8, 4) is 0 Å². The van der Waals surface area contributed by atoms with Crippen molar-refractivity contribution in [3.05, 3.63) is 71.8 Å². The zero-order chi connectivity index (χ0) is 43.7. The van der Waals surface area contributed by atoms with Crippen LogP contribution in [0.1, 0.15) is 103 Å². The van der Waals surface area contributed by atoms with E-state index in [1.54, 1.807) is 0 Å². The molecule has 0 amide bonds. The Kier molecular flexibility index (Phi) is 14.5. The normalized spacial score (nSPS) is 39.3. The van der Waals surface area contributed by atoms with Crippen molar-refractivity contribution < 1.29 is 56.6 Å². The van der Waals surface area contributed by atoms with Crippen LogP contribution < -0.4 is 0 Å². The van der Waals surface area contributed by atoms with Crippen LogP contribution in [0.3, 0.4) is 0 Å². The van der Waals surface area contributed by atoms with Gasteiger partial charge in [-0.25, -0.2) is 0 Å². The second-order valence-electron chi connectivity index (χ2n) is 20.7. The Hall–Kier alpha value is -2.27. The SMILES string of the molecule is CC(=O)O[C@H]1C[C@H]2O[C@H]3CC[C@H]4O[C@H]5CCCO[C@@H]5C[C@@H]4O[C@@H]3C[C@@H]2O[C@@H]1C[C@@H]1O[C@@H]2C[C@H](OCc3ccccc3)[C@@H](COCc3ccccc3)O[C@H]2C[C@H]1O[Si](C)(C)C(C)(C)C. The first kappa shape index (κ1) is 45.9. The van der Waals surface area contributed by atoms with Gasteiger partial charge in [-0.1, -0.05) is 81.4 Å². The van der Waals surface area contributed by atoms with Crippen LogP contribution in [0.15, 0.2) is 60.7 Å². The lowest BCUT2D eigenvalue weighted by atomic mass is 9.85. The van der Waals surface area contributed by atoms with E-state index in [-0.39, 0.29) is 96.5 Å². The molecule has 13 heteroatoms. The van der Waals surface area contributed by atoms with Gasteiger partial charge < -0.3 is 51.8 Å². The molecule has 7 saturated heterocycles. The maximum absolute atomic E-state index is 12.7. The van der Waals surface area contributed by atoms with Crippen molar-refractivity contribution in [1.29, 1.82) is 0 Å². The molecule has 0 bridgehead atoms. The van der Waals surface area contributed by atoms with Gasteiger partial charge in [0.25, 0.3) is 0 Å². The van der Waals surface area contributed by atoms with Crippen LogP contribution >= 0.6 is 0 Å². The summed E-state index contributed by atoms with van der Waals surface area (Å²) in [6.07, 6.45) is 4.88. The summed E-state index contributed by atoms with van der Waals surface area (Å²) in [5, 5.41) is -0.0259. The average molecular weight is 893 g/mol. The Balaban J connectivity index is 0.921. The van der Waals surface area contributed by atoms with E-state index in [2.05, 4.69) is 58.1 Å². The highest BCUT2D eigenvalue weighted by atomic mass is 28.4. The molecule has 7 aliphatic rings. The third-order valence-corrected chi connectivity index (χ3v) is 19.7. The van der Waals surface area contributed by atoms with Gasteiger partial charge in [0.2, 0.25) is 0 Å². The summed E-state index contributed by atoms with van der Waals surface area (Å²) in [5.74, 6) is -0.332. The number of rotatable bonds is 12. The van der Waals surface area contributed by atoms with Gasteiger partial charge in [-0.2, -0.15) is 0 Å². The number of hydrogen-bond acceptors (Lipinski definition) is 12. The predicted molar refractivity (Wildman–Crippen MR) is 237 cm³/mol. The number of hydrogen-bond donors (Lipinski definition) is 0. The highest BCUT2D eigenvalue weighted by Gasteiger charge is 2.54. The van der Waals surface area contributed by atoms with Gasteiger partial charge in [-0.3, -0.25) is 4.79 Å². The monoisotopic (exact) mass is 892 g/mol. The third-order valence-electron chi connectivity index (χ3n) is 15.2. The molecule has 2 aromatic carbocycles. The number of carbonyl (C=O) groups excluding carboxylic acids is 1. The fourth-order valence-corrected chi connectivity index (χ4v) is 12.2. The molecule has 63 heavy (non-hydrogen) atoms. The topological polar surface area (TPSA) is 119 Å². The number of benzene rings is 2. The Morgan fingerprint density at radius 3 is 1.78 bits per heavy atom. The van der Waals surface area contributed by atoms with Gasteiger partial charge >= 0.3 is 5.97 Å². The fraction of sp³-hybridized carbons (Fsp3) is 0.740. The lowest BCUT2D eigenvalue weighted by Crippen LogP contribution is -2.61. The second-order valence-corrected chi connectivity index (χ2v) is 25.5. The quantitative estimate of drug-likeness (QED) is 0.152. The Morgan fingerprint density at radius 1 is 0.603 bits per heavy atom. The van der Waals surface area contributed by atoms with Crippen LogP contribution in [-0.2, 0) is 69.8 Å². The van der Waals surface area contributed by atoms with Crippen molar-refractivity contribution in [3.63, 3.8) is 0 Å². The molecule has 0 spiro atoms. The van der Waals surface area contributed by atoms with E-state index in [1.807, 2.05) is 36.4 Å². The largest absolute Gasteiger partial charge is 0.460 e. The molecule has 348 valence electrons. The molecule has 0 N–H and O–H groups in total. The van der Waals surface area contributed by atoms with E-state index in [9.17, 15) is 4.79 Å². The Bertz CT molecular complexity index is 1780. The summed E-state index contributed by atoms with van der Waals surface area (Å²) < 4.78 is 74.1. The molecular weight excluding hydrogens is 821 g/mol. The lowest BCUT2D eigenvalue weighted by Gasteiger charge is -2.52. The van der Waals surface area contributed by atoms with Crippen LogP contribution in [0.5, 0.6) is 0 Å². The van der Waals surface area contributed by atoms with Crippen molar-refractivity contribution in [2.24, 2.45) is 0 Å². The van der Waals surface area contributed by atoms with Gasteiger partial charge in [0.15, 0.2) is 8.32 Å². The summed E-state index contributed by atoms with van der Waals surface area (Å²) in [6, 6.07) is 20.5. The predicted octanol–water partition coefficient (Wildman–Crippen LogP) is 8.01. The minimum Gasteiger partial charge on any atom is -0.460 e. The van der Waals surface area contributed by atoms with Gasteiger partial charge in [-0.15, -0.1) is 0 Å². The van der Waals surface area contributed by atoms with Gasteiger partial charge in [0.1, 0.15) is 12.2 Å². The van der Waals surface area contributed by atoms with E-state index >= 15 is 0 Å². The van der Waals surface area contributed by atoms with Crippen LogP contribution in [0.25, 0.3) is 0 Å². The van der Waals surface area contributed by atoms with E-state index in [4.69, 9.17) is 51.8 Å². The smallest absolute Gasteiger partial charge is 0.302 e. The van der Waals surface area contributed by atoms with E-state index in [0.717, 1.165) is 49.8 Å². The lowest BCUT2D eigenvalue weighted by molar-refractivity contribution is -0.280. The van der Waals surface area contributed by atoms with Crippen LogP contribution in [0, 0.1) is 0 Å². The maximum atomic E-state index is 12.7. The van der Waals surface area contributed by atoms with Crippen molar-refractivity contribution in [2.45, 2.75) is 221 Å². The Labute approximate surface area is 375 Å². The molecule has 0 aliphatic carbocycles. The van der Waals surface area contributed by atoms with Crippen LogP contribution in [0.2, 0.25) is 18.1 Å². The summed E-state index contributed by atoms with van der Waals surface area (Å²) in [6.45, 7) is 15.0. The fourth-order valence-electron chi connectivity index (χ4n) is 10.8. The highest BCUT2D eigenvalue weighted by Crippen LogP contribution is 2.45. The molecule has 0 radical (unpaired) electrons. The van der Waals surface area contributed by atoms with E-state index in [1.165, 1.54) is 6.92 Å². The van der Waals surface area contributed by atoms with Gasteiger partial charge in [0.05, 0.1) is 105 Å². The molecule has 7 aliphatic heterocycles. The van der Waals surface area contributed by atoms with Gasteiger partial charge in [0, 0.05) is 52.1 Å². The van der Waals surface area contributed by atoms with Crippen molar-refractivity contribution >= 4 is 14.3 Å². The molecule has 0 unspecified atom stereocenters. The molecule has 7 heterocycles. The summed E-state index contributed by atoms with van der Waals surface area (Å²) >= 11 is 0. The van der Waals surface area contributed by atoms with Crippen molar-refractivity contribution in [2.75, 3.05) is 13.2 Å². The van der Waals surface area contributed by atoms with Crippen LogP contribution in [-0.4, -0.2) is 125 Å². The van der Waals surface area contributed by atoms with Gasteiger partial charge in [-0.05, 0) is 54.9 Å². The maximum Gasteiger partial charge on any atom is 0.302 e. The standard InChI is InChI=1S/C50H72O12Si/c1-31(51)55-41-25-44-45(24-40-36(57-44)20-19-35-39(58-40)22-37-34(56-35)18-13-21-53-37)59-43(41)26-47-48(62-63(5,6)50(2,3)4)27-46-42(60-47)23-38(54-29-33-16-11-8-12-17-33)49(61-46)30-52-28-32-14-9-7-10-15-32/h7-12,14-17,34-49H,13,18-30H2,1-6H3/t34-,35+,36-,37+,38-,39-,40+,41-,42+,43+,44+,45-,46-,47-,48+,49+/m0/s1.